The summed E-state index contributed by atoms with van der Waals surface area (Å²) in [4.78, 5) is 0. The van der Waals surface area contributed by atoms with Crippen molar-refractivity contribution >= 4 is 22.0 Å². The van der Waals surface area contributed by atoms with Crippen molar-refractivity contribution in [3.63, 3.8) is 0 Å². The lowest BCUT2D eigenvalue weighted by atomic mass is 10.5. The molecule has 0 atom stereocenters. The molecule has 0 aromatic carbocycles. The van der Waals surface area contributed by atoms with Crippen LogP contribution in [0.2, 0.25) is 0 Å². The van der Waals surface area contributed by atoms with Crippen LogP contribution in [0.25, 0.3) is 0 Å². The molecule has 0 fully saturated rings. The van der Waals surface area contributed by atoms with Crippen molar-refractivity contribution in [1.29, 1.82) is 0 Å². The minimum absolute atomic E-state index is 0.642. The van der Waals surface area contributed by atoms with Crippen molar-refractivity contribution in [3.8, 4) is 0 Å². The highest BCUT2D eigenvalue weighted by atomic mass is 32.3. The molecule has 0 amide bonds. The zero-order chi connectivity index (χ0) is 9.28. The second kappa shape index (κ2) is 3.28. The zero-order valence-corrected chi connectivity index (χ0v) is 8.59. The predicted molar refractivity (Wildman–Crippen MR) is 45.4 cm³/mol. The van der Waals surface area contributed by atoms with E-state index in [0.717, 1.165) is 9.97 Å². The van der Waals surface area contributed by atoms with E-state index in [4.69, 9.17) is 0 Å². The highest BCUT2D eigenvalue weighted by Gasteiger charge is 2.24. The minimum atomic E-state index is -3.28. The summed E-state index contributed by atoms with van der Waals surface area (Å²) in [7, 11) is -1.96. The first-order valence-corrected chi connectivity index (χ1v) is 5.57. The van der Waals surface area contributed by atoms with Crippen LogP contribution in [0.1, 0.15) is 13.8 Å². The molecule has 0 unspecified atom stereocenters. The van der Waals surface area contributed by atoms with Gasteiger partial charge in [-0.05, 0) is 25.8 Å². The van der Waals surface area contributed by atoms with Crippen LogP contribution >= 0.6 is 11.9 Å². The Labute approximate surface area is 71.1 Å². The van der Waals surface area contributed by atoms with Crippen molar-refractivity contribution in [3.05, 3.63) is 0 Å². The highest BCUT2D eigenvalue weighted by Crippen LogP contribution is 2.29. The number of halogens is 1. The second-order valence-corrected chi connectivity index (χ2v) is 6.57. The van der Waals surface area contributed by atoms with Gasteiger partial charge in [-0.2, -0.15) is 0 Å². The molecule has 0 heterocycles. The topological polar surface area (TPSA) is 37.4 Å². The molecule has 0 aromatic heterocycles. The Morgan fingerprint density at radius 1 is 1.45 bits per heavy atom. The Bertz CT molecular complexity index is 219. The van der Waals surface area contributed by atoms with E-state index < -0.39 is 15.0 Å². The number of sulfonamides is 1. The van der Waals surface area contributed by atoms with Gasteiger partial charge in [0.15, 0.2) is 5.00 Å². The normalized spacial score (nSPS) is 14.0. The molecule has 0 bridgehead atoms. The lowest BCUT2D eigenvalue weighted by molar-refractivity contribution is 0.341. The van der Waals surface area contributed by atoms with Crippen LogP contribution < -0.4 is 0 Å². The number of hydrogen-bond donors (Lipinski definition) is 0. The van der Waals surface area contributed by atoms with Gasteiger partial charge in [0.05, 0.1) is 6.26 Å². The van der Waals surface area contributed by atoms with Gasteiger partial charge in [-0.1, -0.05) is 0 Å². The fraction of sp³-hybridized carbons (Fsp3) is 1.00. The summed E-state index contributed by atoms with van der Waals surface area (Å²) < 4.78 is 35.2. The number of hydrogen-bond acceptors (Lipinski definition) is 3. The van der Waals surface area contributed by atoms with Crippen LogP contribution in [0.5, 0.6) is 0 Å². The van der Waals surface area contributed by atoms with Gasteiger partial charge in [0.1, 0.15) is 0 Å². The molecule has 3 nitrogen and oxygen atoms in total. The molecule has 11 heavy (non-hydrogen) atoms. The summed E-state index contributed by atoms with van der Waals surface area (Å²) in [5.74, 6) is 0. The Morgan fingerprint density at radius 3 is 1.91 bits per heavy atom. The summed E-state index contributed by atoms with van der Waals surface area (Å²) in [5.41, 5.74) is 0. The third kappa shape index (κ3) is 5.46. The maximum absolute atomic E-state index is 12.8. The molecule has 0 saturated heterocycles. The molecule has 0 aromatic rings. The minimum Gasteiger partial charge on any atom is -0.231 e. The van der Waals surface area contributed by atoms with Gasteiger partial charge in [-0.3, -0.25) is 0 Å². The van der Waals surface area contributed by atoms with Gasteiger partial charge in [0.2, 0.25) is 10.0 Å². The van der Waals surface area contributed by atoms with E-state index in [9.17, 15) is 12.8 Å². The molecule has 0 spiro atoms. The molecular formula is C5H12FNO2S2. The van der Waals surface area contributed by atoms with Crippen molar-refractivity contribution in [2.45, 2.75) is 18.8 Å². The number of nitrogens with zero attached hydrogens (tertiary/aromatic N) is 1. The molecule has 6 heteroatoms. The molecule has 0 aliphatic heterocycles. The Hall–Kier alpha value is 0.190. The fourth-order valence-electron chi connectivity index (χ4n) is 0.373. The molecule has 68 valence electrons. The van der Waals surface area contributed by atoms with Gasteiger partial charge < -0.3 is 0 Å². The summed E-state index contributed by atoms with van der Waals surface area (Å²) in [6.45, 7) is 2.61. The number of alkyl halides is 1. The van der Waals surface area contributed by atoms with Crippen LogP contribution in [0.3, 0.4) is 0 Å². The summed E-state index contributed by atoms with van der Waals surface area (Å²) in [5, 5.41) is -1.56. The van der Waals surface area contributed by atoms with Crippen molar-refractivity contribution < 1.29 is 12.8 Å². The third-order valence-corrected chi connectivity index (χ3v) is 3.47. The van der Waals surface area contributed by atoms with Gasteiger partial charge in [-0.15, -0.1) is 3.71 Å². The Kier molecular flexibility index (Phi) is 3.34. The van der Waals surface area contributed by atoms with E-state index in [1.165, 1.54) is 20.9 Å². The van der Waals surface area contributed by atoms with Gasteiger partial charge >= 0.3 is 0 Å². The standard InChI is InChI=1S/C5H12FNO2S2/c1-5(2,6)10-7(3)11(4,8)9/h1-4H3. The van der Waals surface area contributed by atoms with Crippen LogP contribution in [0.4, 0.5) is 4.39 Å². The lowest BCUT2D eigenvalue weighted by Gasteiger charge is -2.19. The first kappa shape index (κ1) is 11.2. The maximum Gasteiger partial charge on any atom is 0.220 e. The van der Waals surface area contributed by atoms with Crippen LogP contribution in [0.15, 0.2) is 0 Å². The van der Waals surface area contributed by atoms with E-state index in [0.29, 0.717) is 11.9 Å². The second-order valence-electron chi connectivity index (χ2n) is 2.63. The molecule has 0 N–H and O–H groups in total. The van der Waals surface area contributed by atoms with E-state index in [-0.39, 0.29) is 0 Å². The molecule has 0 aliphatic carbocycles. The zero-order valence-electron chi connectivity index (χ0n) is 6.96. The summed E-state index contributed by atoms with van der Waals surface area (Å²) in [6, 6.07) is 0. The van der Waals surface area contributed by atoms with Gasteiger partial charge in [0, 0.05) is 7.05 Å². The molecule has 0 aliphatic rings. The molecule has 0 radical (unpaired) electrons. The highest BCUT2D eigenvalue weighted by molar-refractivity contribution is 8.08. The molecular weight excluding hydrogens is 189 g/mol. The third-order valence-electron chi connectivity index (χ3n) is 0.813. The summed E-state index contributed by atoms with van der Waals surface area (Å²) in [6.07, 6.45) is 1.03. The van der Waals surface area contributed by atoms with E-state index in [1.807, 2.05) is 0 Å². The lowest BCUT2D eigenvalue weighted by Crippen LogP contribution is -2.24. The Balaban J connectivity index is 4.22. The molecule has 0 rings (SSSR count). The predicted octanol–water partition coefficient (Wildman–Crippen LogP) is 1.23. The van der Waals surface area contributed by atoms with E-state index >= 15 is 0 Å². The smallest absolute Gasteiger partial charge is 0.220 e. The Morgan fingerprint density at radius 2 is 1.82 bits per heavy atom. The van der Waals surface area contributed by atoms with Crippen molar-refractivity contribution in [1.82, 2.24) is 3.71 Å². The van der Waals surface area contributed by atoms with Crippen LogP contribution in [-0.4, -0.2) is 30.4 Å². The van der Waals surface area contributed by atoms with Crippen LogP contribution in [-0.2, 0) is 10.0 Å². The monoisotopic (exact) mass is 201 g/mol. The fourth-order valence-corrected chi connectivity index (χ4v) is 2.06. The van der Waals surface area contributed by atoms with Gasteiger partial charge in [-0.25, -0.2) is 12.8 Å². The van der Waals surface area contributed by atoms with Crippen molar-refractivity contribution in [2.24, 2.45) is 0 Å². The first-order chi connectivity index (χ1) is 4.63. The first-order valence-electron chi connectivity index (χ1n) is 2.95. The molecule has 0 saturated carbocycles. The average molecular weight is 201 g/mol. The van der Waals surface area contributed by atoms with Gasteiger partial charge in [0.25, 0.3) is 0 Å². The quantitative estimate of drug-likeness (QED) is 0.644. The largest absolute Gasteiger partial charge is 0.231 e. The number of rotatable bonds is 3. The maximum atomic E-state index is 12.8. The van der Waals surface area contributed by atoms with Crippen molar-refractivity contribution in [2.75, 3.05) is 13.3 Å². The van der Waals surface area contributed by atoms with E-state index in [2.05, 4.69) is 0 Å². The van der Waals surface area contributed by atoms with E-state index in [1.54, 1.807) is 0 Å². The summed E-state index contributed by atoms with van der Waals surface area (Å²) >= 11 is 0.642. The SMILES string of the molecule is CN(SC(C)(C)F)S(C)(=O)=O. The average Bonchev–Trinajstić information content (AvgIpc) is 1.56. The van der Waals surface area contributed by atoms with Crippen LogP contribution in [0, 0.1) is 0 Å².